The van der Waals surface area contributed by atoms with Crippen LogP contribution in [-0.4, -0.2) is 74.8 Å². The van der Waals surface area contributed by atoms with Gasteiger partial charge in [0.25, 0.3) is 0 Å². The summed E-state index contributed by atoms with van der Waals surface area (Å²) in [6, 6.07) is 19.9. The van der Waals surface area contributed by atoms with Crippen molar-refractivity contribution >= 4 is 90.7 Å². The first kappa shape index (κ1) is 95.9. The molecule has 0 N–H and O–H groups in total. The average Bonchev–Trinajstić information content (AvgIpc) is 0.785. The molecule has 0 saturated heterocycles. The van der Waals surface area contributed by atoms with Crippen LogP contribution in [-0.2, 0) is 45.9 Å². The molecule has 6 nitrogen and oxygen atoms in total. The van der Waals surface area contributed by atoms with Crippen molar-refractivity contribution in [3.05, 3.63) is 82.9 Å². The molecule has 4 aromatic rings. The molecule has 4 rings (SSSR count). The topological polar surface area (TPSA) is 114 Å². The Labute approximate surface area is 667 Å². The Kier molecular flexibility index (Phi) is 63.5. The van der Waals surface area contributed by atoms with Crippen molar-refractivity contribution in [1.29, 1.82) is 0 Å². The molecular formula is C92H158BaO6S2. The molecule has 0 spiro atoms. The molecule has 0 aromatic heterocycles. The van der Waals surface area contributed by atoms with E-state index >= 15 is 0 Å². The molecule has 0 amide bonds. The summed E-state index contributed by atoms with van der Waals surface area (Å²) >= 11 is 0. The summed E-state index contributed by atoms with van der Waals surface area (Å²) in [5.74, 6) is 0. The van der Waals surface area contributed by atoms with Crippen LogP contribution in [0, 0.1) is 0 Å². The van der Waals surface area contributed by atoms with Gasteiger partial charge in [-0.3, -0.25) is 0 Å². The van der Waals surface area contributed by atoms with E-state index in [-0.39, 0.29) is 58.7 Å². The van der Waals surface area contributed by atoms with Gasteiger partial charge in [-0.1, -0.05) is 474 Å². The Morgan fingerprint density at radius 3 is 0.564 bits per heavy atom. The molecule has 9 heteroatoms. The van der Waals surface area contributed by atoms with Gasteiger partial charge in [-0.05, 0) is 95.2 Å². The second-order valence-electron chi connectivity index (χ2n) is 31.3. The van der Waals surface area contributed by atoms with Gasteiger partial charge in [-0.25, -0.2) is 16.8 Å². The molecule has 0 unspecified atom stereocenters. The predicted molar refractivity (Wildman–Crippen MR) is 443 cm³/mol. The van der Waals surface area contributed by atoms with Gasteiger partial charge in [-0.15, -0.1) is 0 Å². The maximum Gasteiger partial charge on any atom is 2.00 e. The van der Waals surface area contributed by atoms with E-state index in [0.29, 0.717) is 34.7 Å². The Bertz CT molecular complexity index is 2570. The summed E-state index contributed by atoms with van der Waals surface area (Å²) < 4.78 is 74.4. The Morgan fingerprint density at radius 2 is 0.386 bits per heavy atom. The standard InChI is InChI=1S/2C46H80O3S.Ba/c2*1-3-5-7-9-11-13-15-17-19-21-23-25-27-29-31-33-35-42-37-40-45-44(41-42)39-38-43(46(45)50(47,48)49)36-34-32-30-28-26-24-22-20-18-16-14-12-10-8-6-4-2;/h2*37-41H,3-36H2,1-2H3,(H,47,48,49);/q;;+2/p-2. The number of benzene rings is 4. The molecule has 101 heavy (non-hydrogen) atoms. The van der Waals surface area contributed by atoms with Crippen LogP contribution in [0.15, 0.2) is 70.5 Å². The minimum atomic E-state index is -4.54. The molecule has 0 heterocycles. The first-order valence-corrected chi connectivity index (χ1v) is 46.8. The van der Waals surface area contributed by atoms with Crippen LogP contribution in [0.4, 0.5) is 0 Å². The fourth-order valence-electron chi connectivity index (χ4n) is 15.6. The molecule has 0 atom stereocenters. The number of rotatable bonds is 70. The number of aryl methyl sites for hydroxylation is 4. The minimum Gasteiger partial charge on any atom is -0.744 e. The van der Waals surface area contributed by atoms with Gasteiger partial charge in [0.2, 0.25) is 0 Å². The second kappa shape index (κ2) is 67.0. The SMILES string of the molecule is CCCCCCCCCCCCCCCCCCc1ccc2c(S(=O)(=O)[O-])c(CCCCCCCCCCCCCCCCCC)ccc2c1.CCCCCCCCCCCCCCCCCCc1ccc2c(S(=O)(=O)[O-])c(CCCCCCCCCCCCCCCCCC)ccc2c1.[Ba+2]. The third kappa shape index (κ3) is 50.9. The van der Waals surface area contributed by atoms with E-state index in [4.69, 9.17) is 0 Å². The van der Waals surface area contributed by atoms with E-state index < -0.39 is 20.2 Å². The van der Waals surface area contributed by atoms with E-state index in [1.54, 1.807) is 0 Å². The molecule has 0 bridgehead atoms. The molecule has 0 fully saturated rings. The molecule has 4 aromatic carbocycles. The maximum absolute atomic E-state index is 12.4. The Morgan fingerprint density at radius 1 is 0.218 bits per heavy atom. The summed E-state index contributed by atoms with van der Waals surface area (Å²) in [5.41, 5.74) is 3.87. The van der Waals surface area contributed by atoms with Gasteiger partial charge in [0.15, 0.2) is 0 Å². The van der Waals surface area contributed by atoms with Crippen molar-refractivity contribution < 1.29 is 25.9 Å². The molecule has 0 saturated carbocycles. The number of hydrogen-bond donors (Lipinski definition) is 0. The van der Waals surface area contributed by atoms with Crippen LogP contribution in [0.3, 0.4) is 0 Å². The van der Waals surface area contributed by atoms with Gasteiger partial charge in [-0.2, -0.15) is 0 Å². The first-order valence-electron chi connectivity index (χ1n) is 43.9. The van der Waals surface area contributed by atoms with Crippen molar-refractivity contribution in [2.75, 3.05) is 0 Å². The molecule has 0 aliphatic rings. The number of unbranched alkanes of at least 4 members (excludes halogenated alkanes) is 60. The molecule has 0 aliphatic heterocycles. The summed E-state index contributed by atoms with van der Waals surface area (Å²) in [7, 11) is -9.08. The fourth-order valence-corrected chi connectivity index (χ4v) is 17.5. The van der Waals surface area contributed by atoms with Gasteiger partial charge in [0.05, 0.1) is 9.79 Å². The van der Waals surface area contributed by atoms with Gasteiger partial charge < -0.3 is 9.11 Å². The molecular weight excluding hydrogens is 1400 g/mol. The zero-order valence-corrected chi connectivity index (χ0v) is 72.9. The zero-order valence-electron chi connectivity index (χ0n) is 66.8. The van der Waals surface area contributed by atoms with Crippen LogP contribution >= 0.6 is 0 Å². The molecule has 0 radical (unpaired) electrons. The van der Waals surface area contributed by atoms with Gasteiger partial charge in [0, 0.05) is 0 Å². The third-order valence-electron chi connectivity index (χ3n) is 22.0. The van der Waals surface area contributed by atoms with Gasteiger partial charge in [0.1, 0.15) is 20.2 Å². The van der Waals surface area contributed by atoms with E-state index in [1.165, 1.54) is 384 Å². The fraction of sp³-hybridized carbons (Fsp3) is 0.783. The van der Waals surface area contributed by atoms with E-state index in [1.807, 2.05) is 48.5 Å². The van der Waals surface area contributed by atoms with E-state index in [9.17, 15) is 25.9 Å². The van der Waals surface area contributed by atoms with Crippen LogP contribution in [0.5, 0.6) is 0 Å². The number of hydrogen-bond acceptors (Lipinski definition) is 6. The normalized spacial score (nSPS) is 11.9. The Balaban J connectivity index is 0.000000680. The summed E-state index contributed by atoms with van der Waals surface area (Å²) in [5, 5.41) is 2.96. The van der Waals surface area contributed by atoms with E-state index in [0.717, 1.165) is 62.1 Å². The van der Waals surface area contributed by atoms with Crippen LogP contribution in [0.2, 0.25) is 0 Å². The summed E-state index contributed by atoms with van der Waals surface area (Å²) in [6.45, 7) is 9.13. The zero-order chi connectivity index (χ0) is 71.9. The maximum atomic E-state index is 12.4. The minimum absolute atomic E-state index is 0. The van der Waals surface area contributed by atoms with Crippen molar-refractivity contribution in [2.45, 2.75) is 474 Å². The molecule has 576 valence electrons. The van der Waals surface area contributed by atoms with E-state index in [2.05, 4.69) is 39.8 Å². The first-order chi connectivity index (χ1) is 48.9. The van der Waals surface area contributed by atoms with Crippen LogP contribution in [0.25, 0.3) is 21.5 Å². The van der Waals surface area contributed by atoms with Crippen molar-refractivity contribution in [2.24, 2.45) is 0 Å². The monoisotopic (exact) mass is 1560 g/mol. The van der Waals surface area contributed by atoms with Crippen molar-refractivity contribution in [1.82, 2.24) is 0 Å². The Hall–Kier alpha value is -1.21. The number of fused-ring (bicyclic) bond motifs is 2. The average molecular weight is 1560 g/mol. The third-order valence-corrected chi connectivity index (χ3v) is 23.9. The summed E-state index contributed by atoms with van der Waals surface area (Å²) in [4.78, 5) is 0.0369. The quantitative estimate of drug-likeness (QED) is 0.0247. The van der Waals surface area contributed by atoms with Gasteiger partial charge >= 0.3 is 48.9 Å². The van der Waals surface area contributed by atoms with Crippen molar-refractivity contribution in [3.8, 4) is 0 Å². The van der Waals surface area contributed by atoms with Crippen molar-refractivity contribution in [3.63, 3.8) is 0 Å². The summed E-state index contributed by atoms with van der Waals surface area (Å²) in [6.07, 6.45) is 89.2. The smallest absolute Gasteiger partial charge is 0.744 e. The van der Waals surface area contributed by atoms with Crippen LogP contribution < -0.4 is 0 Å². The van der Waals surface area contributed by atoms with Crippen LogP contribution in [0.1, 0.15) is 461 Å². The second-order valence-corrected chi connectivity index (χ2v) is 34.0. The predicted octanol–water partition coefficient (Wildman–Crippen LogP) is 30.3. The largest absolute Gasteiger partial charge is 2.00 e. The molecule has 0 aliphatic carbocycles.